The van der Waals surface area contributed by atoms with E-state index in [0.29, 0.717) is 5.41 Å². The van der Waals surface area contributed by atoms with Gasteiger partial charge in [0.15, 0.2) is 0 Å². The van der Waals surface area contributed by atoms with Crippen molar-refractivity contribution in [1.29, 1.82) is 0 Å². The molecule has 0 aliphatic heterocycles. The van der Waals surface area contributed by atoms with Crippen molar-refractivity contribution in [2.45, 2.75) is 52.5 Å². The lowest BCUT2D eigenvalue weighted by molar-refractivity contribution is 0.201. The van der Waals surface area contributed by atoms with Crippen molar-refractivity contribution in [1.82, 2.24) is 5.32 Å². The lowest BCUT2D eigenvalue weighted by Gasteiger charge is -2.35. The molecule has 76 valence electrons. The molecule has 0 radical (unpaired) electrons. The van der Waals surface area contributed by atoms with Gasteiger partial charge in [-0.3, -0.25) is 0 Å². The molecule has 1 atom stereocenters. The average Bonchev–Trinajstić information content (AvgIpc) is 1.99. The lowest BCUT2D eigenvalue weighted by Crippen LogP contribution is -2.37. The van der Waals surface area contributed by atoms with Gasteiger partial charge in [0.25, 0.3) is 0 Å². The molecule has 1 rings (SSSR count). The van der Waals surface area contributed by atoms with Gasteiger partial charge < -0.3 is 5.32 Å². The Labute approximate surface area is 82.6 Å². The van der Waals surface area contributed by atoms with Crippen LogP contribution >= 0.6 is 0 Å². The molecule has 1 aliphatic carbocycles. The number of rotatable bonds is 3. The van der Waals surface area contributed by atoms with Crippen LogP contribution in [-0.4, -0.2) is 12.6 Å². The average molecular weight is 181 g/mol. The van der Waals surface area contributed by atoms with E-state index in [1.165, 1.54) is 31.3 Å². The van der Waals surface area contributed by atoms with Crippen LogP contribution in [0.1, 0.15) is 46.5 Å². The molecular formula is C12H23N. The molecule has 1 nitrogen and oxygen atoms in total. The Kier molecular flexibility index (Phi) is 3.55. The second-order valence-electron chi connectivity index (χ2n) is 5.30. The summed E-state index contributed by atoms with van der Waals surface area (Å²) in [5, 5.41) is 3.58. The molecule has 1 saturated carbocycles. The zero-order chi connectivity index (χ0) is 9.90. The topological polar surface area (TPSA) is 12.0 Å². The third-order valence-corrected chi connectivity index (χ3v) is 2.90. The summed E-state index contributed by atoms with van der Waals surface area (Å²) in [6.07, 6.45) is 5.43. The minimum absolute atomic E-state index is 0.547. The monoisotopic (exact) mass is 181 g/mol. The van der Waals surface area contributed by atoms with Gasteiger partial charge in [0.1, 0.15) is 0 Å². The maximum atomic E-state index is 3.91. The van der Waals surface area contributed by atoms with Crippen LogP contribution in [0.25, 0.3) is 0 Å². The molecule has 1 aliphatic rings. The van der Waals surface area contributed by atoms with Crippen LogP contribution in [0.15, 0.2) is 12.2 Å². The highest BCUT2D eigenvalue weighted by atomic mass is 14.9. The Bertz CT molecular complexity index is 182. The number of hydrogen-bond donors (Lipinski definition) is 1. The summed E-state index contributed by atoms with van der Waals surface area (Å²) in [7, 11) is 0. The van der Waals surface area contributed by atoms with Crippen molar-refractivity contribution in [2.75, 3.05) is 6.54 Å². The predicted molar refractivity (Wildman–Crippen MR) is 58.9 cm³/mol. The molecule has 13 heavy (non-hydrogen) atoms. The second kappa shape index (κ2) is 4.28. The van der Waals surface area contributed by atoms with E-state index in [2.05, 4.69) is 32.7 Å². The van der Waals surface area contributed by atoms with Crippen molar-refractivity contribution in [2.24, 2.45) is 5.41 Å². The van der Waals surface area contributed by atoms with Crippen LogP contribution in [0.3, 0.4) is 0 Å². The molecule has 0 aromatic heterocycles. The van der Waals surface area contributed by atoms with Crippen LogP contribution in [0.5, 0.6) is 0 Å². The summed E-state index contributed by atoms with van der Waals surface area (Å²) < 4.78 is 0. The third kappa shape index (κ3) is 3.95. The van der Waals surface area contributed by atoms with Crippen LogP contribution < -0.4 is 5.32 Å². The highest BCUT2D eigenvalue weighted by Gasteiger charge is 2.27. The normalized spacial score (nSPS) is 27.2. The fourth-order valence-electron chi connectivity index (χ4n) is 2.19. The van der Waals surface area contributed by atoms with Crippen molar-refractivity contribution in [3.63, 3.8) is 0 Å². The van der Waals surface area contributed by atoms with Crippen molar-refractivity contribution >= 4 is 0 Å². The molecule has 0 spiro atoms. The maximum Gasteiger partial charge on any atom is 0.0161 e. The Hall–Kier alpha value is -0.300. The van der Waals surface area contributed by atoms with E-state index in [1.807, 2.05) is 0 Å². The quantitative estimate of drug-likeness (QED) is 0.660. The van der Waals surface area contributed by atoms with E-state index in [9.17, 15) is 0 Å². The van der Waals surface area contributed by atoms with Gasteiger partial charge in [0.2, 0.25) is 0 Å². The Balaban J connectivity index is 2.30. The third-order valence-electron chi connectivity index (χ3n) is 2.90. The fourth-order valence-corrected chi connectivity index (χ4v) is 2.19. The second-order valence-corrected chi connectivity index (χ2v) is 5.30. The molecule has 0 heterocycles. The molecule has 0 aromatic carbocycles. The number of hydrogen-bond acceptors (Lipinski definition) is 1. The van der Waals surface area contributed by atoms with Gasteiger partial charge in [-0.2, -0.15) is 0 Å². The highest BCUT2D eigenvalue weighted by molar-refractivity contribution is 4.93. The van der Waals surface area contributed by atoms with E-state index in [4.69, 9.17) is 0 Å². The van der Waals surface area contributed by atoms with Gasteiger partial charge in [-0.05, 0) is 31.6 Å². The van der Waals surface area contributed by atoms with Gasteiger partial charge in [-0.25, -0.2) is 0 Å². The zero-order valence-electron chi connectivity index (χ0n) is 9.32. The van der Waals surface area contributed by atoms with E-state index in [1.54, 1.807) is 0 Å². The van der Waals surface area contributed by atoms with Crippen LogP contribution in [0.2, 0.25) is 0 Å². The van der Waals surface area contributed by atoms with Crippen LogP contribution in [0.4, 0.5) is 0 Å². The molecule has 0 saturated heterocycles. The molecule has 1 fully saturated rings. The fraction of sp³-hybridized carbons (Fsp3) is 0.833. The molecule has 1 N–H and O–H groups in total. The van der Waals surface area contributed by atoms with E-state index in [0.717, 1.165) is 12.6 Å². The largest absolute Gasteiger partial charge is 0.310 e. The first kappa shape index (κ1) is 10.8. The molecule has 0 bridgehead atoms. The minimum Gasteiger partial charge on any atom is -0.310 e. The van der Waals surface area contributed by atoms with Gasteiger partial charge in [-0.1, -0.05) is 32.4 Å². The first-order valence-electron chi connectivity index (χ1n) is 5.37. The van der Waals surface area contributed by atoms with Crippen LogP contribution in [0, 0.1) is 5.41 Å². The summed E-state index contributed by atoms with van der Waals surface area (Å²) in [4.78, 5) is 0. The molecule has 1 unspecified atom stereocenters. The molecule has 1 heteroatoms. The summed E-state index contributed by atoms with van der Waals surface area (Å²) in [5.74, 6) is 0. The summed E-state index contributed by atoms with van der Waals surface area (Å²) in [5.41, 5.74) is 1.79. The van der Waals surface area contributed by atoms with E-state index >= 15 is 0 Å². The summed E-state index contributed by atoms with van der Waals surface area (Å²) in [6.45, 7) is 11.7. The molecular weight excluding hydrogens is 158 g/mol. The van der Waals surface area contributed by atoms with Gasteiger partial charge in [0.05, 0.1) is 0 Å². The Morgan fingerprint density at radius 2 is 2.23 bits per heavy atom. The number of nitrogens with one attached hydrogen (secondary N) is 1. The molecule has 0 aromatic rings. The first-order chi connectivity index (χ1) is 5.99. The van der Waals surface area contributed by atoms with Crippen molar-refractivity contribution < 1.29 is 0 Å². The van der Waals surface area contributed by atoms with E-state index in [-0.39, 0.29) is 0 Å². The maximum absolute atomic E-state index is 3.91. The van der Waals surface area contributed by atoms with Gasteiger partial charge in [-0.15, -0.1) is 0 Å². The van der Waals surface area contributed by atoms with Crippen LogP contribution in [-0.2, 0) is 0 Å². The Morgan fingerprint density at radius 1 is 1.54 bits per heavy atom. The smallest absolute Gasteiger partial charge is 0.0161 e. The first-order valence-corrected chi connectivity index (χ1v) is 5.37. The predicted octanol–water partition coefficient (Wildman–Crippen LogP) is 3.12. The SMILES string of the molecule is C=C(C)CNC1CCCC(C)(C)C1. The van der Waals surface area contributed by atoms with Gasteiger partial charge >= 0.3 is 0 Å². The summed E-state index contributed by atoms with van der Waals surface area (Å²) >= 11 is 0. The highest BCUT2D eigenvalue weighted by Crippen LogP contribution is 2.34. The molecule has 0 amide bonds. The minimum atomic E-state index is 0.547. The standard InChI is InChI=1S/C12H23N/c1-10(2)9-13-11-6-5-7-12(3,4)8-11/h11,13H,1,5-9H2,2-4H3. The van der Waals surface area contributed by atoms with E-state index < -0.39 is 0 Å². The van der Waals surface area contributed by atoms with Gasteiger partial charge in [0, 0.05) is 12.6 Å². The van der Waals surface area contributed by atoms with Crippen molar-refractivity contribution in [3.05, 3.63) is 12.2 Å². The Morgan fingerprint density at radius 3 is 2.77 bits per heavy atom. The summed E-state index contributed by atoms with van der Waals surface area (Å²) in [6, 6.07) is 0.723. The zero-order valence-corrected chi connectivity index (χ0v) is 9.32. The lowest BCUT2D eigenvalue weighted by atomic mass is 9.75. The van der Waals surface area contributed by atoms with Crippen molar-refractivity contribution in [3.8, 4) is 0 Å².